The maximum Gasteiger partial charge on any atom is 0.0902 e. The Hall–Kier alpha value is -2.55. The van der Waals surface area contributed by atoms with Gasteiger partial charge in [-0.1, -0.05) is 36.4 Å². The standard InChI is InChI=1S/C18H19N3/c1-14-18(15(2)20(3)19-14)21(16-10-6-4-7-11-16)17-12-8-5-9-13-17/h4-13H,1-3H3. The van der Waals surface area contributed by atoms with E-state index in [-0.39, 0.29) is 0 Å². The lowest BCUT2D eigenvalue weighted by atomic mass is 10.2. The molecule has 3 aromatic rings. The first-order chi connectivity index (χ1) is 10.2. The second kappa shape index (κ2) is 5.44. The van der Waals surface area contributed by atoms with E-state index in [1.165, 1.54) is 0 Å². The number of hydrogen-bond donors (Lipinski definition) is 0. The van der Waals surface area contributed by atoms with Crippen molar-refractivity contribution in [1.82, 2.24) is 9.78 Å². The summed E-state index contributed by atoms with van der Waals surface area (Å²) in [6.07, 6.45) is 0. The van der Waals surface area contributed by atoms with Crippen molar-refractivity contribution in [2.75, 3.05) is 4.90 Å². The van der Waals surface area contributed by atoms with Gasteiger partial charge in [-0.2, -0.15) is 5.10 Å². The fourth-order valence-electron chi connectivity index (χ4n) is 2.65. The van der Waals surface area contributed by atoms with E-state index in [2.05, 4.69) is 72.4 Å². The van der Waals surface area contributed by atoms with E-state index in [0.717, 1.165) is 28.5 Å². The summed E-state index contributed by atoms with van der Waals surface area (Å²) in [7, 11) is 1.99. The van der Waals surface area contributed by atoms with E-state index in [9.17, 15) is 0 Å². The molecule has 0 aliphatic heterocycles. The van der Waals surface area contributed by atoms with Crippen molar-refractivity contribution in [2.45, 2.75) is 13.8 Å². The number of nitrogens with zero attached hydrogens (tertiary/aromatic N) is 3. The molecule has 0 bridgehead atoms. The molecule has 0 amide bonds. The number of aromatic nitrogens is 2. The highest BCUT2D eigenvalue weighted by Gasteiger charge is 2.19. The van der Waals surface area contributed by atoms with Crippen molar-refractivity contribution < 1.29 is 0 Å². The fourth-order valence-corrected chi connectivity index (χ4v) is 2.65. The van der Waals surface area contributed by atoms with E-state index < -0.39 is 0 Å². The van der Waals surface area contributed by atoms with Crippen LogP contribution in [-0.4, -0.2) is 9.78 Å². The van der Waals surface area contributed by atoms with Gasteiger partial charge < -0.3 is 4.90 Å². The molecule has 0 aliphatic rings. The molecule has 0 spiro atoms. The molecule has 0 N–H and O–H groups in total. The number of benzene rings is 2. The molecule has 0 aliphatic carbocycles. The minimum atomic E-state index is 1.03. The minimum Gasteiger partial charge on any atom is -0.307 e. The van der Waals surface area contributed by atoms with E-state index in [1.807, 2.05) is 23.9 Å². The molecule has 3 heteroatoms. The molecule has 0 radical (unpaired) electrons. The highest BCUT2D eigenvalue weighted by molar-refractivity contribution is 5.78. The van der Waals surface area contributed by atoms with E-state index in [4.69, 9.17) is 0 Å². The van der Waals surface area contributed by atoms with Crippen molar-refractivity contribution in [1.29, 1.82) is 0 Å². The van der Waals surface area contributed by atoms with Gasteiger partial charge in [-0.25, -0.2) is 0 Å². The van der Waals surface area contributed by atoms with Crippen molar-refractivity contribution >= 4 is 17.1 Å². The summed E-state index contributed by atoms with van der Waals surface area (Å²) in [5.74, 6) is 0. The van der Waals surface area contributed by atoms with Gasteiger partial charge >= 0.3 is 0 Å². The topological polar surface area (TPSA) is 21.1 Å². The Bertz CT molecular complexity index is 690. The molecule has 1 heterocycles. The Kier molecular flexibility index (Phi) is 3.48. The average molecular weight is 277 g/mol. The zero-order chi connectivity index (χ0) is 14.8. The normalized spacial score (nSPS) is 10.6. The van der Waals surface area contributed by atoms with Crippen LogP contribution in [0.15, 0.2) is 60.7 Å². The van der Waals surface area contributed by atoms with Crippen molar-refractivity contribution in [3.8, 4) is 0 Å². The lowest BCUT2D eigenvalue weighted by Crippen LogP contribution is -2.11. The minimum absolute atomic E-state index is 1.03. The predicted molar refractivity (Wildman–Crippen MR) is 87.4 cm³/mol. The molecule has 0 fully saturated rings. The van der Waals surface area contributed by atoms with Crippen LogP contribution in [0, 0.1) is 13.8 Å². The SMILES string of the molecule is Cc1nn(C)c(C)c1N(c1ccccc1)c1ccccc1. The summed E-state index contributed by atoms with van der Waals surface area (Å²) in [4.78, 5) is 2.26. The molecular weight excluding hydrogens is 258 g/mol. The van der Waals surface area contributed by atoms with Crippen LogP contribution in [-0.2, 0) is 7.05 Å². The first-order valence-electron chi connectivity index (χ1n) is 7.09. The number of anilines is 3. The number of hydrogen-bond acceptors (Lipinski definition) is 2. The lowest BCUT2D eigenvalue weighted by Gasteiger charge is -2.25. The molecule has 106 valence electrons. The molecule has 0 atom stereocenters. The summed E-state index contributed by atoms with van der Waals surface area (Å²) >= 11 is 0. The smallest absolute Gasteiger partial charge is 0.0902 e. The average Bonchev–Trinajstić information content (AvgIpc) is 2.76. The first kappa shape index (κ1) is 13.4. The van der Waals surface area contributed by atoms with Crippen LogP contribution in [0.4, 0.5) is 17.1 Å². The third-order valence-electron chi connectivity index (χ3n) is 3.72. The third kappa shape index (κ3) is 2.42. The summed E-state index contributed by atoms with van der Waals surface area (Å²) in [5, 5.41) is 4.56. The molecule has 0 unspecified atom stereocenters. The maximum absolute atomic E-state index is 4.56. The zero-order valence-electron chi connectivity index (χ0n) is 12.6. The molecule has 3 rings (SSSR count). The second-order valence-electron chi connectivity index (χ2n) is 5.15. The van der Waals surface area contributed by atoms with Gasteiger partial charge in [-0.05, 0) is 38.1 Å². The van der Waals surface area contributed by atoms with Crippen LogP contribution in [0.5, 0.6) is 0 Å². The molecule has 3 nitrogen and oxygen atoms in total. The number of aryl methyl sites for hydroxylation is 2. The highest BCUT2D eigenvalue weighted by Crippen LogP contribution is 2.37. The van der Waals surface area contributed by atoms with Crippen LogP contribution in [0.3, 0.4) is 0 Å². The van der Waals surface area contributed by atoms with Crippen LogP contribution in [0.2, 0.25) is 0 Å². The van der Waals surface area contributed by atoms with Crippen LogP contribution < -0.4 is 4.90 Å². The van der Waals surface area contributed by atoms with E-state index in [1.54, 1.807) is 0 Å². The summed E-state index contributed by atoms with van der Waals surface area (Å²) in [5.41, 5.74) is 5.61. The predicted octanol–water partition coefficient (Wildman–Crippen LogP) is 4.51. The molecule has 1 aromatic heterocycles. The Morgan fingerprint density at radius 2 is 1.29 bits per heavy atom. The van der Waals surface area contributed by atoms with Crippen LogP contribution in [0.1, 0.15) is 11.4 Å². The van der Waals surface area contributed by atoms with Gasteiger partial charge in [0.15, 0.2) is 0 Å². The maximum atomic E-state index is 4.56. The Morgan fingerprint density at radius 3 is 1.67 bits per heavy atom. The second-order valence-corrected chi connectivity index (χ2v) is 5.15. The molecule has 0 saturated carbocycles. The van der Waals surface area contributed by atoms with Gasteiger partial charge in [0.25, 0.3) is 0 Å². The van der Waals surface area contributed by atoms with Crippen LogP contribution >= 0.6 is 0 Å². The van der Waals surface area contributed by atoms with Crippen LogP contribution in [0.25, 0.3) is 0 Å². The number of rotatable bonds is 3. The Morgan fingerprint density at radius 1 is 0.810 bits per heavy atom. The third-order valence-corrected chi connectivity index (χ3v) is 3.72. The van der Waals surface area contributed by atoms with Gasteiger partial charge in [-0.3, -0.25) is 4.68 Å². The summed E-state index contributed by atoms with van der Waals surface area (Å²) in [6.45, 7) is 4.16. The van der Waals surface area contributed by atoms with Crippen molar-refractivity contribution in [3.05, 3.63) is 72.1 Å². The molecule has 21 heavy (non-hydrogen) atoms. The van der Waals surface area contributed by atoms with Gasteiger partial charge in [0.2, 0.25) is 0 Å². The molecular formula is C18H19N3. The summed E-state index contributed by atoms with van der Waals surface area (Å²) < 4.78 is 1.93. The molecule has 2 aromatic carbocycles. The van der Waals surface area contributed by atoms with Gasteiger partial charge in [-0.15, -0.1) is 0 Å². The lowest BCUT2D eigenvalue weighted by molar-refractivity contribution is 0.731. The summed E-state index contributed by atoms with van der Waals surface area (Å²) in [6, 6.07) is 20.8. The fraction of sp³-hybridized carbons (Fsp3) is 0.167. The molecule has 0 saturated heterocycles. The monoisotopic (exact) mass is 277 g/mol. The highest BCUT2D eigenvalue weighted by atomic mass is 15.3. The van der Waals surface area contributed by atoms with Gasteiger partial charge in [0.05, 0.1) is 17.1 Å². The van der Waals surface area contributed by atoms with Crippen molar-refractivity contribution in [2.24, 2.45) is 7.05 Å². The van der Waals surface area contributed by atoms with Crippen molar-refractivity contribution in [3.63, 3.8) is 0 Å². The van der Waals surface area contributed by atoms with Gasteiger partial charge in [0.1, 0.15) is 0 Å². The van der Waals surface area contributed by atoms with E-state index in [0.29, 0.717) is 0 Å². The Labute approximate surface area is 125 Å². The quantitative estimate of drug-likeness (QED) is 0.702. The first-order valence-corrected chi connectivity index (χ1v) is 7.09. The largest absolute Gasteiger partial charge is 0.307 e. The van der Waals surface area contributed by atoms with Gasteiger partial charge in [0, 0.05) is 18.4 Å². The zero-order valence-corrected chi connectivity index (χ0v) is 12.6. The van der Waals surface area contributed by atoms with E-state index >= 15 is 0 Å². The Balaban J connectivity index is 2.22. The number of para-hydroxylation sites is 2.